The van der Waals surface area contributed by atoms with Crippen LogP contribution in [0.15, 0.2) is 12.4 Å². The van der Waals surface area contributed by atoms with Gasteiger partial charge in [-0.25, -0.2) is 4.98 Å². The number of aromatic nitrogens is 2. The molecule has 3 rings (SSSR count). The zero-order valence-electron chi connectivity index (χ0n) is 12.6. The molecule has 2 aliphatic rings. The Morgan fingerprint density at radius 2 is 1.90 bits per heavy atom. The molecule has 0 bridgehead atoms. The number of anilines is 1. The number of rotatable bonds is 6. The van der Waals surface area contributed by atoms with Crippen LogP contribution in [-0.2, 0) is 0 Å². The van der Waals surface area contributed by atoms with Crippen LogP contribution in [0.3, 0.4) is 0 Å². The molecule has 0 radical (unpaired) electrons. The Labute approximate surface area is 122 Å². The van der Waals surface area contributed by atoms with E-state index in [9.17, 15) is 0 Å². The van der Waals surface area contributed by atoms with Crippen molar-refractivity contribution >= 4 is 5.95 Å². The molecule has 4 heteroatoms. The Bertz CT molecular complexity index is 389. The second kappa shape index (κ2) is 7.11. The van der Waals surface area contributed by atoms with Gasteiger partial charge < -0.3 is 14.8 Å². The smallest absolute Gasteiger partial charge is 0.203 e. The Kier molecular flexibility index (Phi) is 4.96. The minimum Gasteiger partial charge on any atom is -0.356 e. The van der Waals surface area contributed by atoms with Crippen LogP contribution in [0.2, 0.25) is 0 Å². The van der Waals surface area contributed by atoms with E-state index in [0.717, 1.165) is 12.5 Å². The lowest BCUT2D eigenvalue weighted by molar-refractivity contribution is 0.336. The minimum absolute atomic E-state index is 0.673. The molecule has 1 N–H and O–H groups in total. The van der Waals surface area contributed by atoms with E-state index in [2.05, 4.69) is 26.0 Å². The molecule has 1 aliphatic heterocycles. The van der Waals surface area contributed by atoms with Crippen molar-refractivity contribution in [3.05, 3.63) is 12.4 Å². The summed E-state index contributed by atoms with van der Waals surface area (Å²) in [6.07, 6.45) is 14.9. The van der Waals surface area contributed by atoms with E-state index in [0.29, 0.717) is 6.04 Å². The largest absolute Gasteiger partial charge is 0.356 e. The van der Waals surface area contributed by atoms with Gasteiger partial charge in [0, 0.05) is 25.0 Å². The topological polar surface area (TPSA) is 33.1 Å². The number of imidazole rings is 1. The number of nitrogens with zero attached hydrogens (tertiary/aromatic N) is 3. The van der Waals surface area contributed by atoms with Gasteiger partial charge in [0.25, 0.3) is 0 Å². The van der Waals surface area contributed by atoms with Gasteiger partial charge in [-0.3, -0.25) is 0 Å². The highest BCUT2D eigenvalue weighted by Crippen LogP contribution is 2.30. The normalized spacial score (nSPS) is 21.4. The van der Waals surface area contributed by atoms with Crippen LogP contribution >= 0.6 is 0 Å². The van der Waals surface area contributed by atoms with E-state index in [1.165, 1.54) is 71.0 Å². The fourth-order valence-electron chi connectivity index (χ4n) is 3.61. The summed E-state index contributed by atoms with van der Waals surface area (Å²) in [5, 5.41) is 3.54. The molecule has 0 unspecified atom stereocenters. The molecular formula is C16H28N4. The summed E-state index contributed by atoms with van der Waals surface area (Å²) in [5.74, 6) is 1.08. The first kappa shape index (κ1) is 13.9. The van der Waals surface area contributed by atoms with Crippen LogP contribution < -0.4 is 5.32 Å². The van der Waals surface area contributed by atoms with Crippen LogP contribution in [0.25, 0.3) is 0 Å². The molecule has 2 heterocycles. The van der Waals surface area contributed by atoms with Crippen LogP contribution in [0, 0.1) is 0 Å². The highest BCUT2D eigenvalue weighted by atomic mass is 15.2. The van der Waals surface area contributed by atoms with E-state index in [1.54, 1.807) is 0 Å². The molecule has 1 saturated carbocycles. The summed E-state index contributed by atoms with van der Waals surface area (Å²) in [6.45, 7) is 4.88. The van der Waals surface area contributed by atoms with Crippen molar-refractivity contribution in [2.75, 3.05) is 31.5 Å². The highest BCUT2D eigenvalue weighted by Gasteiger charge is 2.17. The Hall–Kier alpha value is -1.03. The molecule has 2 fully saturated rings. The molecule has 1 saturated heterocycles. The second-order valence-corrected chi connectivity index (χ2v) is 6.28. The summed E-state index contributed by atoms with van der Waals surface area (Å²) in [5.41, 5.74) is 0. The van der Waals surface area contributed by atoms with Gasteiger partial charge in [0.2, 0.25) is 5.95 Å². The summed E-state index contributed by atoms with van der Waals surface area (Å²) in [4.78, 5) is 7.08. The lowest BCUT2D eigenvalue weighted by Gasteiger charge is -2.25. The maximum Gasteiger partial charge on any atom is 0.203 e. The third-order valence-corrected chi connectivity index (χ3v) is 4.77. The van der Waals surface area contributed by atoms with Crippen molar-refractivity contribution in [1.82, 2.24) is 14.5 Å². The maximum atomic E-state index is 4.50. The van der Waals surface area contributed by atoms with Crippen LogP contribution in [0.4, 0.5) is 5.95 Å². The van der Waals surface area contributed by atoms with Gasteiger partial charge in [-0.05, 0) is 51.7 Å². The van der Waals surface area contributed by atoms with E-state index >= 15 is 0 Å². The fourth-order valence-corrected chi connectivity index (χ4v) is 3.61. The van der Waals surface area contributed by atoms with Gasteiger partial charge in [-0.1, -0.05) is 19.3 Å². The fraction of sp³-hybridized carbons (Fsp3) is 0.812. The highest BCUT2D eigenvalue weighted by molar-refractivity contribution is 5.26. The molecular weight excluding hydrogens is 248 g/mol. The zero-order valence-corrected chi connectivity index (χ0v) is 12.6. The second-order valence-electron chi connectivity index (χ2n) is 6.28. The summed E-state index contributed by atoms with van der Waals surface area (Å²) in [6, 6.07) is 0.673. The van der Waals surface area contributed by atoms with Gasteiger partial charge in [0.15, 0.2) is 0 Å². The quantitative estimate of drug-likeness (QED) is 0.809. The molecule has 1 aromatic heterocycles. The standard InChI is InChI=1S/C16H28N4/c1-2-7-15(8-3-1)20-14-10-18-16(20)17-9-6-13-19-11-4-5-12-19/h10,14-15H,1-9,11-13H2,(H,17,18). The lowest BCUT2D eigenvalue weighted by Crippen LogP contribution is -2.23. The number of hydrogen-bond acceptors (Lipinski definition) is 3. The summed E-state index contributed by atoms with van der Waals surface area (Å²) in [7, 11) is 0. The molecule has 0 atom stereocenters. The molecule has 20 heavy (non-hydrogen) atoms. The number of nitrogens with one attached hydrogen (secondary N) is 1. The van der Waals surface area contributed by atoms with Gasteiger partial charge in [-0.2, -0.15) is 0 Å². The van der Waals surface area contributed by atoms with Gasteiger partial charge in [0.1, 0.15) is 0 Å². The first-order valence-electron chi connectivity index (χ1n) is 8.42. The van der Waals surface area contributed by atoms with Crippen molar-refractivity contribution in [2.45, 2.75) is 57.4 Å². The number of hydrogen-bond donors (Lipinski definition) is 1. The van der Waals surface area contributed by atoms with E-state index in [4.69, 9.17) is 0 Å². The van der Waals surface area contributed by atoms with E-state index in [-0.39, 0.29) is 0 Å². The van der Waals surface area contributed by atoms with E-state index < -0.39 is 0 Å². The maximum absolute atomic E-state index is 4.50. The molecule has 1 aliphatic carbocycles. The summed E-state index contributed by atoms with van der Waals surface area (Å²) >= 11 is 0. The average molecular weight is 276 g/mol. The van der Waals surface area contributed by atoms with Crippen LogP contribution in [-0.4, -0.2) is 40.6 Å². The van der Waals surface area contributed by atoms with Crippen molar-refractivity contribution < 1.29 is 0 Å². The van der Waals surface area contributed by atoms with Gasteiger partial charge in [0.05, 0.1) is 0 Å². The third-order valence-electron chi connectivity index (χ3n) is 4.77. The Morgan fingerprint density at radius 1 is 1.10 bits per heavy atom. The molecule has 0 amide bonds. The monoisotopic (exact) mass is 276 g/mol. The van der Waals surface area contributed by atoms with Crippen LogP contribution in [0.1, 0.15) is 57.4 Å². The Balaban J connectivity index is 1.44. The van der Waals surface area contributed by atoms with Crippen LogP contribution in [0.5, 0.6) is 0 Å². The van der Waals surface area contributed by atoms with Crippen molar-refractivity contribution in [3.8, 4) is 0 Å². The van der Waals surface area contributed by atoms with E-state index in [1.807, 2.05) is 6.20 Å². The molecule has 1 aromatic rings. The van der Waals surface area contributed by atoms with Gasteiger partial charge >= 0.3 is 0 Å². The Morgan fingerprint density at radius 3 is 2.70 bits per heavy atom. The minimum atomic E-state index is 0.673. The molecule has 112 valence electrons. The average Bonchev–Trinajstić information content (AvgIpc) is 3.16. The lowest BCUT2D eigenvalue weighted by atomic mass is 9.95. The van der Waals surface area contributed by atoms with Crippen molar-refractivity contribution in [2.24, 2.45) is 0 Å². The van der Waals surface area contributed by atoms with Gasteiger partial charge in [-0.15, -0.1) is 0 Å². The number of likely N-dealkylation sites (tertiary alicyclic amines) is 1. The zero-order chi connectivity index (χ0) is 13.6. The predicted molar refractivity (Wildman–Crippen MR) is 83.1 cm³/mol. The first-order chi connectivity index (χ1) is 9.93. The molecule has 0 spiro atoms. The summed E-state index contributed by atoms with van der Waals surface area (Å²) < 4.78 is 2.37. The third kappa shape index (κ3) is 3.54. The van der Waals surface area contributed by atoms with Crippen molar-refractivity contribution in [3.63, 3.8) is 0 Å². The van der Waals surface area contributed by atoms with Crippen molar-refractivity contribution in [1.29, 1.82) is 0 Å². The molecule has 0 aromatic carbocycles. The first-order valence-corrected chi connectivity index (χ1v) is 8.42. The SMILES string of the molecule is c1cn(C2CCCCC2)c(NCCCN2CCCC2)n1. The predicted octanol–water partition coefficient (Wildman–Crippen LogP) is 3.29. The molecule has 4 nitrogen and oxygen atoms in total.